The lowest BCUT2D eigenvalue weighted by molar-refractivity contribution is 0.658. The molecule has 0 aliphatic heterocycles. The molecule has 0 saturated carbocycles. The third-order valence-corrected chi connectivity index (χ3v) is 20.6. The van der Waals surface area contributed by atoms with Crippen molar-refractivity contribution in [3.63, 3.8) is 0 Å². The van der Waals surface area contributed by atoms with Gasteiger partial charge in [0.2, 0.25) is 11.9 Å². The second-order valence-corrected chi connectivity index (χ2v) is 26.8. The lowest BCUT2D eigenvalue weighted by atomic mass is 10.2. The molecule has 413 valence electrons. The van der Waals surface area contributed by atoms with Crippen molar-refractivity contribution >= 4 is 93.8 Å². The molecular weight excluding hydrogens is 1020 g/mol. The summed E-state index contributed by atoms with van der Waals surface area (Å²) in [7, 11) is 0. The van der Waals surface area contributed by atoms with Crippen LogP contribution in [0.5, 0.6) is 0 Å². The van der Waals surface area contributed by atoms with E-state index in [0.717, 1.165) is 39.9 Å². The molecule has 5 nitrogen and oxygen atoms in total. The van der Waals surface area contributed by atoms with Crippen LogP contribution in [0.25, 0.3) is 11.4 Å². The van der Waals surface area contributed by atoms with Crippen LogP contribution < -0.4 is 10.6 Å². The first-order valence-corrected chi connectivity index (χ1v) is 35.8. The Bertz CT molecular complexity index is 1820. The molecule has 0 amide bonds. The second kappa shape index (κ2) is 43.3. The second-order valence-electron chi connectivity index (χ2n) is 20.0. The van der Waals surface area contributed by atoms with Gasteiger partial charge in [0.05, 0.1) is 0 Å². The number of hydrogen-bond acceptors (Lipinski definition) is 11. The van der Waals surface area contributed by atoms with Gasteiger partial charge in [-0.1, -0.05) is 220 Å². The van der Waals surface area contributed by atoms with Gasteiger partial charge in [0.1, 0.15) is 0 Å². The van der Waals surface area contributed by atoms with E-state index in [1.54, 1.807) is 0 Å². The zero-order valence-corrected chi connectivity index (χ0v) is 52.3. The first-order valence-electron chi connectivity index (χ1n) is 29.9. The molecule has 0 aliphatic rings. The minimum absolute atomic E-state index is 0.561. The Kier molecular flexibility index (Phi) is 37.9. The summed E-state index contributed by atoms with van der Waals surface area (Å²) in [4.78, 5) is 24.0. The van der Waals surface area contributed by atoms with Crippen molar-refractivity contribution in [2.75, 3.05) is 45.2 Å². The van der Waals surface area contributed by atoms with Gasteiger partial charge < -0.3 is 10.6 Å². The van der Waals surface area contributed by atoms with Crippen molar-refractivity contribution in [2.24, 2.45) is 0 Å². The summed E-state index contributed by atoms with van der Waals surface area (Å²) in [6.07, 6.45) is 39.1. The number of rotatable bonds is 47. The summed E-state index contributed by atoms with van der Waals surface area (Å²) in [6, 6.07) is 20.8. The molecule has 4 rings (SSSR count). The Morgan fingerprint density at radius 3 is 0.892 bits per heavy atom. The Hall–Kier alpha value is -1.63. The van der Waals surface area contributed by atoms with E-state index in [2.05, 4.69) is 165 Å². The SMILES string of the molecule is CCCCCCCSc1cc(Nc2nc(Nc3cc(SCCCCCCC)c(SCCCCCCC)c(SCCCCCCC)c3)nc(-c3cc[c]cc3)n2)cc(SCCCCCCC)c1SCCCCCCC. The lowest BCUT2D eigenvalue weighted by Crippen LogP contribution is -2.06. The van der Waals surface area contributed by atoms with Crippen LogP contribution >= 0.6 is 70.6 Å². The molecule has 0 aliphatic carbocycles. The number of aromatic nitrogens is 3. The van der Waals surface area contributed by atoms with Crippen LogP contribution in [-0.4, -0.2) is 49.5 Å². The van der Waals surface area contributed by atoms with E-state index in [-0.39, 0.29) is 0 Å². The molecule has 4 aromatic rings. The predicted molar refractivity (Wildman–Crippen MR) is 340 cm³/mol. The fraction of sp³-hybridized carbons (Fsp3) is 0.667. The third kappa shape index (κ3) is 27.8. The monoisotopic (exact) mass is 1120 g/mol. The number of benzene rings is 3. The largest absolute Gasteiger partial charge is 0.324 e. The molecule has 0 bridgehead atoms. The average molecular weight is 1120 g/mol. The van der Waals surface area contributed by atoms with Crippen LogP contribution in [0.1, 0.15) is 234 Å². The molecule has 3 aromatic carbocycles. The molecule has 1 heterocycles. The Morgan fingerprint density at radius 2 is 0.608 bits per heavy atom. The van der Waals surface area contributed by atoms with Gasteiger partial charge in [-0.2, -0.15) is 15.0 Å². The summed E-state index contributed by atoms with van der Waals surface area (Å²) in [6.45, 7) is 13.9. The smallest absolute Gasteiger partial charge is 0.232 e. The summed E-state index contributed by atoms with van der Waals surface area (Å²) in [5.74, 6) is 8.67. The fourth-order valence-electron chi connectivity index (χ4n) is 8.73. The van der Waals surface area contributed by atoms with Gasteiger partial charge in [-0.05, 0) is 103 Å². The maximum absolute atomic E-state index is 5.21. The van der Waals surface area contributed by atoms with E-state index in [0.29, 0.717) is 17.7 Å². The van der Waals surface area contributed by atoms with Crippen molar-refractivity contribution in [1.29, 1.82) is 0 Å². The van der Waals surface area contributed by atoms with E-state index in [4.69, 9.17) is 15.0 Å². The van der Waals surface area contributed by atoms with Gasteiger partial charge in [0.25, 0.3) is 0 Å². The summed E-state index contributed by atoms with van der Waals surface area (Å²) >= 11 is 12.4. The zero-order chi connectivity index (χ0) is 52.5. The number of thioether (sulfide) groups is 6. The van der Waals surface area contributed by atoms with E-state index in [1.165, 1.54) is 234 Å². The number of anilines is 4. The van der Waals surface area contributed by atoms with E-state index in [9.17, 15) is 0 Å². The van der Waals surface area contributed by atoms with Crippen molar-refractivity contribution in [3.05, 3.63) is 54.6 Å². The van der Waals surface area contributed by atoms with Gasteiger partial charge in [0.15, 0.2) is 5.82 Å². The van der Waals surface area contributed by atoms with Crippen LogP contribution in [0.4, 0.5) is 23.3 Å². The van der Waals surface area contributed by atoms with Gasteiger partial charge in [-0.3, -0.25) is 0 Å². The summed E-state index contributed by atoms with van der Waals surface area (Å²) in [5, 5.41) is 7.58. The molecule has 0 atom stereocenters. The topological polar surface area (TPSA) is 62.7 Å². The van der Waals surface area contributed by atoms with Gasteiger partial charge in [-0.25, -0.2) is 0 Å². The number of nitrogens with zero attached hydrogens (tertiary/aromatic N) is 3. The van der Waals surface area contributed by atoms with Gasteiger partial charge >= 0.3 is 0 Å². The number of unbranched alkanes of at least 4 members (excludes halogenated alkanes) is 24. The highest BCUT2D eigenvalue weighted by atomic mass is 32.2. The maximum Gasteiger partial charge on any atom is 0.232 e. The normalized spacial score (nSPS) is 11.5. The first-order chi connectivity index (χ1) is 36.5. The van der Waals surface area contributed by atoms with Gasteiger partial charge in [-0.15, -0.1) is 70.6 Å². The molecule has 1 radical (unpaired) electrons. The quantitative estimate of drug-likeness (QED) is 0.0329. The van der Waals surface area contributed by atoms with E-state index in [1.807, 2.05) is 12.1 Å². The Labute approximate surface area is 479 Å². The lowest BCUT2D eigenvalue weighted by Gasteiger charge is -2.18. The van der Waals surface area contributed by atoms with Crippen molar-refractivity contribution < 1.29 is 0 Å². The minimum Gasteiger partial charge on any atom is -0.324 e. The summed E-state index contributed by atoms with van der Waals surface area (Å²) in [5.41, 5.74) is 3.05. The molecule has 11 heteroatoms. The molecule has 0 spiro atoms. The summed E-state index contributed by atoms with van der Waals surface area (Å²) < 4.78 is 0. The van der Waals surface area contributed by atoms with Crippen molar-refractivity contribution in [2.45, 2.75) is 264 Å². The molecule has 74 heavy (non-hydrogen) atoms. The Balaban J connectivity index is 1.75. The Morgan fingerprint density at radius 1 is 0.338 bits per heavy atom. The van der Waals surface area contributed by atoms with E-state index >= 15 is 0 Å². The van der Waals surface area contributed by atoms with Crippen LogP contribution in [0.15, 0.2) is 77.9 Å². The molecule has 0 fully saturated rings. The zero-order valence-electron chi connectivity index (χ0n) is 47.4. The average Bonchev–Trinajstić information content (AvgIpc) is 3.41. The van der Waals surface area contributed by atoms with Crippen LogP contribution in [0.3, 0.4) is 0 Å². The number of hydrogen-bond donors (Lipinski definition) is 2. The minimum atomic E-state index is 0.561. The van der Waals surface area contributed by atoms with Crippen molar-refractivity contribution in [1.82, 2.24) is 15.0 Å². The fourth-order valence-corrected chi connectivity index (χ4v) is 16.3. The number of nitrogens with one attached hydrogen (secondary N) is 2. The standard InChI is InChI=1S/C63H100N5S6/c1-7-13-19-25-34-42-69-55-48-53(49-56(70-43-35-26-20-14-8-2)59(55)73-46-38-29-23-17-11-5)64-62-66-61(52-40-32-31-33-41-52)67-63(68-62)65-54-50-57(71-44-36-27-21-15-9-3)60(74-47-39-30-24-18-12-6)58(51-54)72-45-37-28-22-16-10-4/h32-33,40-41,48-51H,7-30,34-39,42-47H2,1-6H3,(H2,64,65,66,67,68). The third-order valence-electron chi connectivity index (χ3n) is 13.2. The predicted octanol–water partition coefficient (Wildman–Crippen LogP) is 23.2. The molecule has 0 saturated heterocycles. The molecule has 0 unspecified atom stereocenters. The van der Waals surface area contributed by atoms with Crippen molar-refractivity contribution in [3.8, 4) is 11.4 Å². The highest BCUT2D eigenvalue weighted by molar-refractivity contribution is 8.04. The highest BCUT2D eigenvalue weighted by Gasteiger charge is 2.18. The molecular formula is C63H100N5S6. The van der Waals surface area contributed by atoms with E-state index < -0.39 is 0 Å². The first kappa shape index (κ1) is 64.9. The van der Waals surface area contributed by atoms with Crippen LogP contribution in [-0.2, 0) is 0 Å². The highest BCUT2D eigenvalue weighted by Crippen LogP contribution is 2.45. The molecule has 2 N–H and O–H groups in total. The van der Waals surface area contributed by atoms with Crippen LogP contribution in [0, 0.1) is 6.07 Å². The molecule has 1 aromatic heterocycles. The maximum atomic E-state index is 5.21. The van der Waals surface area contributed by atoms with Crippen LogP contribution in [0.2, 0.25) is 0 Å². The van der Waals surface area contributed by atoms with Gasteiger partial charge in [0, 0.05) is 46.3 Å².